The molecule has 0 bridgehead atoms. The van der Waals surface area contributed by atoms with Crippen molar-refractivity contribution in [3.63, 3.8) is 0 Å². The Bertz CT molecular complexity index is 540. The number of aromatic nitrogens is 2. The SMILES string of the molecule is CCCc1cc(C(=O)O)c(-c2ccnn2C)o1. The molecule has 5 nitrogen and oxygen atoms in total. The first-order valence-corrected chi connectivity index (χ1v) is 5.48. The van der Waals surface area contributed by atoms with E-state index >= 15 is 0 Å². The van der Waals surface area contributed by atoms with Crippen molar-refractivity contribution in [2.24, 2.45) is 7.05 Å². The Hall–Kier alpha value is -2.04. The van der Waals surface area contributed by atoms with Crippen LogP contribution in [0.3, 0.4) is 0 Å². The molecule has 0 aliphatic carbocycles. The van der Waals surface area contributed by atoms with Crippen molar-refractivity contribution in [1.29, 1.82) is 0 Å². The number of aromatic carboxylic acids is 1. The van der Waals surface area contributed by atoms with Crippen LogP contribution in [0.5, 0.6) is 0 Å². The summed E-state index contributed by atoms with van der Waals surface area (Å²) in [6, 6.07) is 3.33. The van der Waals surface area contributed by atoms with E-state index < -0.39 is 5.97 Å². The van der Waals surface area contributed by atoms with E-state index in [1.165, 1.54) is 0 Å². The van der Waals surface area contributed by atoms with Gasteiger partial charge in [-0.2, -0.15) is 5.10 Å². The van der Waals surface area contributed by atoms with Gasteiger partial charge in [-0.1, -0.05) is 6.92 Å². The van der Waals surface area contributed by atoms with Gasteiger partial charge in [-0.15, -0.1) is 0 Å². The first-order chi connectivity index (χ1) is 8.13. The van der Waals surface area contributed by atoms with E-state index in [1.807, 2.05) is 6.92 Å². The van der Waals surface area contributed by atoms with Gasteiger partial charge >= 0.3 is 5.97 Å². The van der Waals surface area contributed by atoms with Gasteiger partial charge in [0.25, 0.3) is 0 Å². The van der Waals surface area contributed by atoms with Crippen molar-refractivity contribution in [3.05, 3.63) is 29.7 Å². The fourth-order valence-corrected chi connectivity index (χ4v) is 1.76. The number of carboxylic acid groups (broad SMARTS) is 1. The summed E-state index contributed by atoms with van der Waals surface area (Å²) in [5.74, 6) is 0.0920. The molecule has 0 atom stereocenters. The van der Waals surface area contributed by atoms with Crippen molar-refractivity contribution in [2.75, 3.05) is 0 Å². The molecule has 2 aromatic rings. The zero-order chi connectivity index (χ0) is 12.4. The van der Waals surface area contributed by atoms with Crippen LogP contribution in [-0.4, -0.2) is 20.9 Å². The number of nitrogens with zero attached hydrogens (tertiary/aromatic N) is 2. The Balaban J connectivity index is 2.52. The predicted molar refractivity (Wildman–Crippen MR) is 61.9 cm³/mol. The number of rotatable bonds is 4. The molecule has 2 rings (SSSR count). The van der Waals surface area contributed by atoms with Crippen LogP contribution in [0.1, 0.15) is 29.5 Å². The fraction of sp³-hybridized carbons (Fsp3) is 0.333. The number of carbonyl (C=O) groups is 1. The first kappa shape index (κ1) is 11.4. The highest BCUT2D eigenvalue weighted by molar-refractivity contribution is 5.94. The third kappa shape index (κ3) is 2.08. The topological polar surface area (TPSA) is 68.3 Å². The summed E-state index contributed by atoms with van der Waals surface area (Å²) in [6.45, 7) is 2.02. The summed E-state index contributed by atoms with van der Waals surface area (Å²) in [4.78, 5) is 11.2. The second kappa shape index (κ2) is 4.45. The van der Waals surface area contributed by atoms with Crippen LogP contribution in [0.25, 0.3) is 11.5 Å². The van der Waals surface area contributed by atoms with Gasteiger partial charge in [-0.25, -0.2) is 4.79 Å². The highest BCUT2D eigenvalue weighted by atomic mass is 16.4. The molecule has 0 aliphatic heterocycles. The summed E-state index contributed by atoms with van der Waals surface area (Å²) in [7, 11) is 1.75. The van der Waals surface area contributed by atoms with Crippen LogP contribution in [0.2, 0.25) is 0 Å². The standard InChI is InChI=1S/C12H14N2O3/c1-3-4-8-7-9(12(15)16)11(17-8)10-5-6-13-14(10)2/h5-7H,3-4H2,1-2H3,(H,15,16). The van der Waals surface area contributed by atoms with Gasteiger partial charge in [-0.3, -0.25) is 4.68 Å². The van der Waals surface area contributed by atoms with Crippen LogP contribution in [-0.2, 0) is 13.5 Å². The van der Waals surface area contributed by atoms with Crippen LogP contribution in [0, 0.1) is 0 Å². The Kier molecular flexibility index (Phi) is 2.99. The molecule has 0 fully saturated rings. The second-order valence-corrected chi connectivity index (χ2v) is 3.85. The average Bonchev–Trinajstić information content (AvgIpc) is 2.84. The lowest BCUT2D eigenvalue weighted by Crippen LogP contribution is -1.99. The summed E-state index contributed by atoms with van der Waals surface area (Å²) < 4.78 is 7.20. The van der Waals surface area contributed by atoms with E-state index in [-0.39, 0.29) is 5.56 Å². The van der Waals surface area contributed by atoms with Gasteiger partial charge in [0.15, 0.2) is 5.76 Å². The smallest absolute Gasteiger partial charge is 0.339 e. The average molecular weight is 234 g/mol. The van der Waals surface area contributed by atoms with Crippen LogP contribution >= 0.6 is 0 Å². The third-order valence-electron chi connectivity index (χ3n) is 2.56. The fourth-order valence-electron chi connectivity index (χ4n) is 1.76. The Morgan fingerprint density at radius 1 is 1.59 bits per heavy atom. The molecule has 0 radical (unpaired) electrons. The number of furan rings is 1. The van der Waals surface area contributed by atoms with Crippen molar-refractivity contribution < 1.29 is 14.3 Å². The first-order valence-electron chi connectivity index (χ1n) is 5.48. The molecule has 5 heteroatoms. The zero-order valence-corrected chi connectivity index (χ0v) is 9.80. The number of hydrogen-bond donors (Lipinski definition) is 1. The quantitative estimate of drug-likeness (QED) is 0.881. The summed E-state index contributed by atoms with van der Waals surface area (Å²) in [6.07, 6.45) is 3.26. The van der Waals surface area contributed by atoms with E-state index in [0.29, 0.717) is 17.2 Å². The molecule has 1 N–H and O–H groups in total. The number of hydrogen-bond acceptors (Lipinski definition) is 3. The van der Waals surface area contributed by atoms with E-state index in [9.17, 15) is 4.79 Å². The van der Waals surface area contributed by atoms with Crippen molar-refractivity contribution in [2.45, 2.75) is 19.8 Å². The minimum absolute atomic E-state index is 0.192. The molecule has 17 heavy (non-hydrogen) atoms. The van der Waals surface area contributed by atoms with Crippen molar-refractivity contribution in [1.82, 2.24) is 9.78 Å². The molecule has 2 heterocycles. The number of carboxylic acids is 1. The lowest BCUT2D eigenvalue weighted by Gasteiger charge is -1.99. The van der Waals surface area contributed by atoms with E-state index in [0.717, 1.165) is 12.8 Å². The van der Waals surface area contributed by atoms with E-state index in [2.05, 4.69) is 5.10 Å². The maximum absolute atomic E-state index is 11.2. The summed E-state index contributed by atoms with van der Waals surface area (Å²) in [5, 5.41) is 13.2. The highest BCUT2D eigenvalue weighted by Crippen LogP contribution is 2.27. The third-order valence-corrected chi connectivity index (χ3v) is 2.56. The van der Waals surface area contributed by atoms with E-state index in [1.54, 1.807) is 30.1 Å². The molecule has 90 valence electrons. The summed E-state index contributed by atoms with van der Waals surface area (Å²) >= 11 is 0. The maximum atomic E-state index is 11.2. The normalized spacial score (nSPS) is 10.7. The Labute approximate surface area is 98.7 Å². The number of aryl methyl sites for hydroxylation is 2. The van der Waals surface area contributed by atoms with Gasteiger partial charge in [0, 0.05) is 19.7 Å². The Morgan fingerprint density at radius 3 is 2.88 bits per heavy atom. The minimum atomic E-state index is -0.979. The molecule has 0 aliphatic rings. The van der Waals surface area contributed by atoms with Crippen LogP contribution < -0.4 is 0 Å². The molecule has 0 saturated carbocycles. The maximum Gasteiger partial charge on any atom is 0.339 e. The van der Waals surface area contributed by atoms with Gasteiger partial charge in [0.2, 0.25) is 0 Å². The Morgan fingerprint density at radius 2 is 2.35 bits per heavy atom. The molecule has 0 aromatic carbocycles. The molecular formula is C12H14N2O3. The minimum Gasteiger partial charge on any atom is -0.478 e. The van der Waals surface area contributed by atoms with Gasteiger partial charge in [-0.05, 0) is 18.6 Å². The van der Waals surface area contributed by atoms with Crippen LogP contribution in [0.4, 0.5) is 0 Å². The lowest BCUT2D eigenvalue weighted by molar-refractivity contribution is 0.0697. The van der Waals surface area contributed by atoms with Crippen molar-refractivity contribution in [3.8, 4) is 11.5 Å². The highest BCUT2D eigenvalue weighted by Gasteiger charge is 2.20. The zero-order valence-electron chi connectivity index (χ0n) is 9.80. The molecule has 0 spiro atoms. The molecule has 2 aromatic heterocycles. The van der Waals surface area contributed by atoms with Crippen LogP contribution in [0.15, 0.2) is 22.7 Å². The van der Waals surface area contributed by atoms with Gasteiger partial charge < -0.3 is 9.52 Å². The summed E-state index contributed by atoms with van der Waals surface area (Å²) in [5.41, 5.74) is 0.863. The molecule has 0 amide bonds. The predicted octanol–water partition coefficient (Wildman–Crippen LogP) is 2.33. The second-order valence-electron chi connectivity index (χ2n) is 3.85. The van der Waals surface area contributed by atoms with Gasteiger partial charge in [0.05, 0.1) is 0 Å². The monoisotopic (exact) mass is 234 g/mol. The molecule has 0 unspecified atom stereocenters. The van der Waals surface area contributed by atoms with E-state index in [4.69, 9.17) is 9.52 Å². The largest absolute Gasteiger partial charge is 0.478 e. The van der Waals surface area contributed by atoms with Gasteiger partial charge in [0.1, 0.15) is 17.0 Å². The lowest BCUT2D eigenvalue weighted by atomic mass is 10.2. The van der Waals surface area contributed by atoms with Crippen molar-refractivity contribution >= 4 is 5.97 Å². The molecular weight excluding hydrogens is 220 g/mol. The molecule has 0 saturated heterocycles.